The van der Waals surface area contributed by atoms with Crippen LogP contribution in [0.4, 0.5) is 17.1 Å². The molecule has 0 aromatic heterocycles. The molecule has 3 aromatic carbocycles. The number of phenols is 2. The summed E-state index contributed by atoms with van der Waals surface area (Å²) in [4.78, 5) is 11.7. The van der Waals surface area contributed by atoms with Gasteiger partial charge in [0.1, 0.15) is 17.1 Å². The van der Waals surface area contributed by atoms with Crippen LogP contribution < -0.4 is 5.32 Å². The zero-order valence-corrected chi connectivity index (χ0v) is 15.3. The number of aromatic hydroxyl groups is 2. The Hall–Kier alpha value is -3.18. The normalized spacial score (nSPS) is 11.2. The summed E-state index contributed by atoms with van der Waals surface area (Å²) in [5, 5.41) is 44.0. The average molecular weight is 401 g/mol. The van der Waals surface area contributed by atoms with Gasteiger partial charge in [0.25, 0.3) is 0 Å². The third kappa shape index (κ3) is 4.56. The van der Waals surface area contributed by atoms with Gasteiger partial charge < -0.3 is 15.5 Å². The number of nitrogens with one attached hydrogen (secondary N) is 1. The average Bonchev–Trinajstić information content (AvgIpc) is 2.67. The number of nitrogens with zero attached hydrogens (tertiary/aromatic N) is 2. The molecule has 1 amide bonds. The first-order valence-corrected chi connectivity index (χ1v) is 8.65. The van der Waals surface area contributed by atoms with Crippen molar-refractivity contribution >= 4 is 45.8 Å². The SMILES string of the molecule is CC(=O)Nc1ccc2c(O)c(N=Nc3cc(SOOO)ccc3O)ccc2c1. The highest BCUT2D eigenvalue weighted by atomic mass is 32.2. The second kappa shape index (κ2) is 8.67. The number of carbonyl (C=O) groups is 1. The molecule has 0 bridgehead atoms. The highest BCUT2D eigenvalue weighted by Gasteiger charge is 2.09. The minimum Gasteiger partial charge on any atom is -0.506 e. The summed E-state index contributed by atoms with van der Waals surface area (Å²) in [6.07, 6.45) is 0. The third-order valence-corrected chi connectivity index (χ3v) is 4.24. The van der Waals surface area contributed by atoms with E-state index in [-0.39, 0.29) is 28.8 Å². The van der Waals surface area contributed by atoms with Crippen LogP contribution in [0.5, 0.6) is 11.5 Å². The van der Waals surface area contributed by atoms with E-state index in [1.807, 2.05) is 0 Å². The minimum atomic E-state index is -0.190. The van der Waals surface area contributed by atoms with Crippen molar-refractivity contribution in [3.05, 3.63) is 48.5 Å². The molecule has 0 saturated carbocycles. The van der Waals surface area contributed by atoms with E-state index in [4.69, 9.17) is 5.26 Å². The summed E-state index contributed by atoms with van der Waals surface area (Å²) in [7, 11) is 0. The van der Waals surface area contributed by atoms with Crippen molar-refractivity contribution in [2.75, 3.05) is 5.32 Å². The van der Waals surface area contributed by atoms with Gasteiger partial charge in [-0.25, -0.2) is 5.26 Å². The van der Waals surface area contributed by atoms with Crippen LogP contribution in [-0.2, 0) is 14.2 Å². The fraction of sp³-hybridized carbons (Fsp3) is 0.0556. The van der Waals surface area contributed by atoms with Crippen molar-refractivity contribution in [3.63, 3.8) is 0 Å². The Bertz CT molecular complexity index is 1060. The zero-order chi connectivity index (χ0) is 20.1. The number of amides is 1. The highest BCUT2D eigenvalue weighted by Crippen LogP contribution is 2.38. The van der Waals surface area contributed by atoms with Crippen LogP contribution in [-0.4, -0.2) is 21.4 Å². The molecule has 28 heavy (non-hydrogen) atoms. The molecule has 0 aliphatic rings. The summed E-state index contributed by atoms with van der Waals surface area (Å²) in [6, 6.07) is 12.7. The molecule has 3 aromatic rings. The second-order valence-electron chi connectivity index (χ2n) is 5.63. The molecule has 0 saturated heterocycles. The van der Waals surface area contributed by atoms with Gasteiger partial charge in [0.05, 0.1) is 12.0 Å². The van der Waals surface area contributed by atoms with Crippen LogP contribution in [0, 0.1) is 0 Å². The lowest BCUT2D eigenvalue weighted by Gasteiger charge is -2.07. The Kier molecular flexibility index (Phi) is 6.06. The van der Waals surface area contributed by atoms with Crippen molar-refractivity contribution in [2.24, 2.45) is 10.2 Å². The van der Waals surface area contributed by atoms with Gasteiger partial charge in [0.15, 0.2) is 5.75 Å². The molecule has 3 rings (SSSR count). The maximum Gasteiger partial charge on any atom is 0.221 e. The van der Waals surface area contributed by atoms with Crippen molar-refractivity contribution < 1.29 is 29.6 Å². The zero-order valence-electron chi connectivity index (χ0n) is 14.5. The van der Waals surface area contributed by atoms with E-state index in [1.54, 1.807) is 30.3 Å². The monoisotopic (exact) mass is 401 g/mol. The van der Waals surface area contributed by atoms with E-state index in [0.717, 1.165) is 0 Å². The first-order valence-electron chi connectivity index (χ1n) is 7.91. The van der Waals surface area contributed by atoms with Crippen molar-refractivity contribution in [2.45, 2.75) is 11.8 Å². The van der Waals surface area contributed by atoms with E-state index in [9.17, 15) is 15.0 Å². The molecule has 0 heterocycles. The van der Waals surface area contributed by atoms with Crippen molar-refractivity contribution in [3.8, 4) is 11.5 Å². The van der Waals surface area contributed by atoms with E-state index in [2.05, 4.69) is 24.9 Å². The Morgan fingerprint density at radius 1 is 1.04 bits per heavy atom. The second-order valence-corrected chi connectivity index (χ2v) is 6.40. The van der Waals surface area contributed by atoms with Gasteiger partial charge >= 0.3 is 0 Å². The van der Waals surface area contributed by atoms with Crippen LogP contribution in [0.1, 0.15) is 6.92 Å². The van der Waals surface area contributed by atoms with Crippen molar-refractivity contribution in [1.82, 2.24) is 0 Å². The van der Waals surface area contributed by atoms with Crippen LogP contribution >= 0.6 is 12.0 Å². The Balaban J connectivity index is 1.90. The minimum absolute atomic E-state index is 0.0855. The molecule has 4 N–H and O–H groups in total. The summed E-state index contributed by atoms with van der Waals surface area (Å²) >= 11 is 0.711. The molecule has 0 aliphatic carbocycles. The van der Waals surface area contributed by atoms with E-state index >= 15 is 0 Å². The molecule has 144 valence electrons. The van der Waals surface area contributed by atoms with Gasteiger partial charge in [-0.3, -0.25) is 4.79 Å². The Labute approximate surface area is 163 Å². The summed E-state index contributed by atoms with van der Waals surface area (Å²) in [6.45, 7) is 1.41. The molecular formula is C18H15N3O6S. The predicted octanol–water partition coefficient (Wildman–Crippen LogP) is 5.05. The number of benzene rings is 3. The molecule has 0 spiro atoms. The maximum absolute atomic E-state index is 11.2. The Morgan fingerprint density at radius 2 is 1.82 bits per heavy atom. The van der Waals surface area contributed by atoms with E-state index in [1.165, 1.54) is 25.1 Å². The fourth-order valence-electron chi connectivity index (χ4n) is 2.46. The number of rotatable bonds is 6. The van der Waals surface area contributed by atoms with Crippen LogP contribution in [0.2, 0.25) is 0 Å². The topological polar surface area (TPSA) is 133 Å². The molecule has 0 radical (unpaired) electrons. The maximum atomic E-state index is 11.2. The van der Waals surface area contributed by atoms with Crippen LogP contribution in [0.15, 0.2) is 63.7 Å². The van der Waals surface area contributed by atoms with Crippen LogP contribution in [0.25, 0.3) is 10.8 Å². The molecule has 0 atom stereocenters. The van der Waals surface area contributed by atoms with Gasteiger partial charge in [-0.15, -0.1) is 14.6 Å². The van der Waals surface area contributed by atoms with E-state index in [0.29, 0.717) is 33.4 Å². The predicted molar refractivity (Wildman–Crippen MR) is 103 cm³/mol. The number of anilines is 1. The molecular weight excluding hydrogens is 386 g/mol. The first-order chi connectivity index (χ1) is 13.5. The number of azo groups is 1. The highest BCUT2D eigenvalue weighted by molar-refractivity contribution is 7.94. The number of carbonyl (C=O) groups excluding carboxylic acids is 1. The lowest BCUT2D eigenvalue weighted by Crippen LogP contribution is -2.05. The number of hydrogen-bond acceptors (Lipinski definition) is 9. The van der Waals surface area contributed by atoms with Gasteiger partial charge in [-0.1, -0.05) is 11.1 Å². The largest absolute Gasteiger partial charge is 0.506 e. The third-order valence-electron chi connectivity index (χ3n) is 3.66. The number of phenolic OH excluding ortho intramolecular Hbond substituents is 2. The first kappa shape index (κ1) is 19.6. The van der Waals surface area contributed by atoms with Gasteiger partial charge in [0.2, 0.25) is 5.91 Å². The molecule has 0 unspecified atom stereocenters. The lowest BCUT2D eigenvalue weighted by atomic mass is 10.1. The Morgan fingerprint density at radius 3 is 2.57 bits per heavy atom. The van der Waals surface area contributed by atoms with Gasteiger partial charge in [-0.2, -0.15) is 0 Å². The van der Waals surface area contributed by atoms with Gasteiger partial charge in [0, 0.05) is 22.9 Å². The standard InChI is InChI=1S/C18H15N3O6S/c1-10(22)19-12-3-5-14-11(8-12)2-6-15(18(14)24)20-21-16-9-13(28-27-26-25)4-7-17(16)23/h2-9,23-25H,1H3,(H,19,22). The quantitative estimate of drug-likeness (QED) is 0.196. The molecule has 10 heteroatoms. The summed E-state index contributed by atoms with van der Waals surface area (Å²) in [5.74, 6) is -0.402. The van der Waals surface area contributed by atoms with Crippen molar-refractivity contribution in [1.29, 1.82) is 0 Å². The summed E-state index contributed by atoms with van der Waals surface area (Å²) in [5.41, 5.74) is 0.946. The molecule has 9 nitrogen and oxygen atoms in total. The molecule has 0 aliphatic heterocycles. The van der Waals surface area contributed by atoms with E-state index < -0.39 is 0 Å². The molecule has 0 fully saturated rings. The van der Waals surface area contributed by atoms with Crippen LogP contribution in [0.3, 0.4) is 0 Å². The summed E-state index contributed by atoms with van der Waals surface area (Å²) < 4.78 is 4.33. The van der Waals surface area contributed by atoms with Gasteiger partial charge in [-0.05, 0) is 47.9 Å². The number of hydrogen-bond donors (Lipinski definition) is 4. The number of fused-ring (bicyclic) bond motifs is 1. The smallest absolute Gasteiger partial charge is 0.221 e. The lowest BCUT2D eigenvalue weighted by molar-refractivity contribution is -0.432. The fourth-order valence-corrected chi connectivity index (χ4v) is 2.85.